The molecule has 0 atom stereocenters. The predicted octanol–water partition coefficient (Wildman–Crippen LogP) is 3.44. The Hall–Kier alpha value is -4.07. The minimum Gasteiger partial charge on any atom is -0.478 e. The molecule has 2 N–H and O–H groups in total. The van der Waals surface area contributed by atoms with Crippen LogP contribution in [-0.2, 0) is 4.79 Å². The van der Waals surface area contributed by atoms with E-state index in [1.165, 1.54) is 19.1 Å². The third-order valence-corrected chi connectivity index (χ3v) is 4.60. The van der Waals surface area contributed by atoms with Crippen LogP contribution >= 0.6 is 0 Å². The van der Waals surface area contributed by atoms with Gasteiger partial charge in [0.2, 0.25) is 5.91 Å². The Bertz CT molecular complexity index is 1250. The van der Waals surface area contributed by atoms with Gasteiger partial charge in [-0.05, 0) is 41.8 Å². The van der Waals surface area contributed by atoms with Crippen molar-refractivity contribution in [1.82, 2.24) is 0 Å². The second-order valence-electron chi connectivity index (χ2n) is 6.53. The van der Waals surface area contributed by atoms with Crippen molar-refractivity contribution < 1.29 is 28.7 Å². The summed E-state index contributed by atoms with van der Waals surface area (Å²) in [6.45, 7) is 1.32. The summed E-state index contributed by atoms with van der Waals surface area (Å²) in [5.74, 6) is -4.15. The standard InChI is InChI=1S/C21H13FN2O5/c1-10(25)23-13-7-11-3-2-4-14-18(11)15(9-13)20(27)24(19(14)26)17-8-12(21(28)29)5-6-16(17)22/h2-9H,1H3,(H,23,25)(H,28,29). The van der Waals surface area contributed by atoms with Gasteiger partial charge in [-0.15, -0.1) is 0 Å². The van der Waals surface area contributed by atoms with Gasteiger partial charge < -0.3 is 10.4 Å². The number of anilines is 2. The second kappa shape index (κ2) is 6.52. The summed E-state index contributed by atoms with van der Waals surface area (Å²) in [6, 6.07) is 10.7. The van der Waals surface area contributed by atoms with Gasteiger partial charge >= 0.3 is 5.97 Å². The number of imide groups is 1. The van der Waals surface area contributed by atoms with Crippen LogP contribution in [0.1, 0.15) is 38.0 Å². The van der Waals surface area contributed by atoms with E-state index >= 15 is 0 Å². The molecule has 0 unspecified atom stereocenters. The summed E-state index contributed by atoms with van der Waals surface area (Å²) in [4.78, 5) is 49.5. The molecular formula is C21H13FN2O5. The molecule has 0 saturated heterocycles. The van der Waals surface area contributed by atoms with Gasteiger partial charge in [-0.1, -0.05) is 12.1 Å². The lowest BCUT2D eigenvalue weighted by Gasteiger charge is -2.28. The van der Waals surface area contributed by atoms with Crippen LogP contribution in [-0.4, -0.2) is 28.8 Å². The maximum Gasteiger partial charge on any atom is 0.335 e. The molecule has 1 aliphatic heterocycles. The molecule has 1 aliphatic rings. The van der Waals surface area contributed by atoms with Crippen LogP contribution in [0.15, 0.2) is 48.5 Å². The average Bonchev–Trinajstić information content (AvgIpc) is 2.66. The highest BCUT2D eigenvalue weighted by Crippen LogP contribution is 2.36. The zero-order chi connectivity index (χ0) is 20.9. The number of benzene rings is 3. The topological polar surface area (TPSA) is 104 Å². The summed E-state index contributed by atoms with van der Waals surface area (Å²) < 4.78 is 14.5. The van der Waals surface area contributed by atoms with E-state index in [1.807, 2.05) is 0 Å². The van der Waals surface area contributed by atoms with Crippen molar-refractivity contribution in [2.24, 2.45) is 0 Å². The Morgan fingerprint density at radius 3 is 2.41 bits per heavy atom. The van der Waals surface area contributed by atoms with Gasteiger partial charge in [0, 0.05) is 23.6 Å². The Morgan fingerprint density at radius 1 is 1.00 bits per heavy atom. The fourth-order valence-corrected chi connectivity index (χ4v) is 3.42. The van der Waals surface area contributed by atoms with Crippen LogP contribution in [0.3, 0.4) is 0 Å². The number of aromatic carboxylic acids is 1. The Balaban J connectivity index is 1.96. The number of hydrogen-bond donors (Lipinski definition) is 2. The molecule has 0 saturated carbocycles. The third kappa shape index (κ3) is 2.91. The smallest absolute Gasteiger partial charge is 0.335 e. The minimum absolute atomic E-state index is 0.0987. The van der Waals surface area contributed by atoms with Crippen molar-refractivity contribution in [3.05, 3.63) is 71.0 Å². The Labute approximate surface area is 163 Å². The van der Waals surface area contributed by atoms with Crippen LogP contribution in [0.5, 0.6) is 0 Å². The lowest BCUT2D eigenvalue weighted by molar-refractivity contribution is -0.114. The molecule has 3 aromatic carbocycles. The molecule has 1 heterocycles. The molecule has 0 aliphatic carbocycles. The SMILES string of the molecule is CC(=O)Nc1cc2c3c(cccc3c1)C(=O)N(c1cc(C(=O)O)ccc1F)C2=O. The van der Waals surface area contributed by atoms with E-state index in [4.69, 9.17) is 0 Å². The largest absolute Gasteiger partial charge is 0.478 e. The highest BCUT2D eigenvalue weighted by Gasteiger charge is 2.36. The lowest BCUT2D eigenvalue weighted by atomic mass is 9.93. The summed E-state index contributed by atoms with van der Waals surface area (Å²) in [5.41, 5.74) is -0.0989. The number of rotatable bonds is 3. The van der Waals surface area contributed by atoms with Gasteiger partial charge in [-0.3, -0.25) is 14.4 Å². The van der Waals surface area contributed by atoms with E-state index in [0.717, 1.165) is 18.2 Å². The Kier molecular flexibility index (Phi) is 4.11. The maximum absolute atomic E-state index is 14.5. The first-order chi connectivity index (χ1) is 13.8. The van der Waals surface area contributed by atoms with Crippen LogP contribution in [0.4, 0.5) is 15.8 Å². The molecule has 0 spiro atoms. The molecule has 3 aromatic rings. The number of carboxylic acid groups (broad SMARTS) is 1. The van der Waals surface area contributed by atoms with Gasteiger partial charge in [-0.2, -0.15) is 0 Å². The van der Waals surface area contributed by atoms with Crippen molar-refractivity contribution in [1.29, 1.82) is 0 Å². The fourth-order valence-electron chi connectivity index (χ4n) is 3.42. The number of carbonyl (C=O) groups is 4. The fraction of sp³-hybridized carbons (Fsp3) is 0.0476. The first-order valence-electron chi connectivity index (χ1n) is 8.54. The van der Waals surface area contributed by atoms with E-state index in [2.05, 4.69) is 5.32 Å². The molecule has 0 radical (unpaired) electrons. The summed E-state index contributed by atoms with van der Waals surface area (Å²) >= 11 is 0. The number of amides is 3. The zero-order valence-corrected chi connectivity index (χ0v) is 15.0. The summed E-state index contributed by atoms with van der Waals surface area (Å²) in [5, 5.41) is 12.7. The van der Waals surface area contributed by atoms with E-state index < -0.39 is 29.3 Å². The van der Waals surface area contributed by atoms with E-state index in [1.54, 1.807) is 18.2 Å². The highest BCUT2D eigenvalue weighted by molar-refractivity contribution is 6.36. The number of hydrogen-bond acceptors (Lipinski definition) is 4. The highest BCUT2D eigenvalue weighted by atomic mass is 19.1. The number of carbonyl (C=O) groups excluding carboxylic acids is 3. The van der Waals surface area contributed by atoms with Gasteiger partial charge in [0.25, 0.3) is 11.8 Å². The van der Waals surface area contributed by atoms with Crippen molar-refractivity contribution in [2.45, 2.75) is 6.92 Å². The molecule has 0 aromatic heterocycles. The molecule has 0 bridgehead atoms. The third-order valence-electron chi connectivity index (χ3n) is 4.60. The second-order valence-corrected chi connectivity index (χ2v) is 6.53. The van der Waals surface area contributed by atoms with Crippen LogP contribution < -0.4 is 10.2 Å². The van der Waals surface area contributed by atoms with Crippen molar-refractivity contribution in [3.8, 4) is 0 Å². The number of nitrogens with one attached hydrogen (secondary N) is 1. The molecule has 4 rings (SSSR count). The molecular weight excluding hydrogens is 379 g/mol. The van der Waals surface area contributed by atoms with Gasteiger partial charge in [0.05, 0.1) is 16.8 Å². The monoisotopic (exact) mass is 392 g/mol. The first kappa shape index (κ1) is 18.3. The maximum atomic E-state index is 14.5. The predicted molar refractivity (Wildman–Crippen MR) is 103 cm³/mol. The number of halogens is 1. The van der Waals surface area contributed by atoms with Gasteiger partial charge in [0.1, 0.15) is 5.82 Å². The molecule has 29 heavy (non-hydrogen) atoms. The molecule has 7 nitrogen and oxygen atoms in total. The summed E-state index contributed by atoms with van der Waals surface area (Å²) in [7, 11) is 0. The van der Waals surface area contributed by atoms with E-state index in [9.17, 15) is 28.7 Å². The van der Waals surface area contributed by atoms with Crippen molar-refractivity contribution in [2.75, 3.05) is 10.2 Å². The van der Waals surface area contributed by atoms with E-state index in [0.29, 0.717) is 21.4 Å². The quantitative estimate of drug-likeness (QED) is 0.665. The van der Waals surface area contributed by atoms with Crippen LogP contribution in [0.2, 0.25) is 0 Å². The summed E-state index contributed by atoms with van der Waals surface area (Å²) in [6.07, 6.45) is 0. The Morgan fingerprint density at radius 2 is 1.72 bits per heavy atom. The normalized spacial score (nSPS) is 13.0. The van der Waals surface area contributed by atoms with Crippen molar-refractivity contribution in [3.63, 3.8) is 0 Å². The van der Waals surface area contributed by atoms with E-state index in [-0.39, 0.29) is 22.6 Å². The molecule has 3 amide bonds. The first-order valence-corrected chi connectivity index (χ1v) is 8.54. The zero-order valence-electron chi connectivity index (χ0n) is 15.0. The molecule has 8 heteroatoms. The number of carboxylic acids is 1. The van der Waals surface area contributed by atoms with Crippen molar-refractivity contribution >= 4 is 45.8 Å². The van der Waals surface area contributed by atoms with Gasteiger partial charge in [-0.25, -0.2) is 14.1 Å². The van der Waals surface area contributed by atoms with Crippen LogP contribution in [0.25, 0.3) is 10.8 Å². The number of nitrogens with zero attached hydrogens (tertiary/aromatic N) is 1. The average molecular weight is 392 g/mol. The lowest BCUT2D eigenvalue weighted by Crippen LogP contribution is -2.41. The minimum atomic E-state index is -1.32. The molecule has 0 fully saturated rings. The van der Waals surface area contributed by atoms with Gasteiger partial charge in [0.15, 0.2) is 0 Å². The molecule has 144 valence electrons. The van der Waals surface area contributed by atoms with Crippen LogP contribution in [0, 0.1) is 5.82 Å².